The molecule has 0 unspecified atom stereocenters. The standard InChI is InChI=1S/C23H20F2N6O2/c1-14-11-29-19-20(26-22(29)31(27-14)13-16-5-9-18(25)10-6-16)28(2)23(33)30(21(19)32)12-15-3-7-17(24)8-4-15/h3-10H,11-13H2,1-2H3. The Morgan fingerprint density at radius 3 is 2.09 bits per heavy atom. The Labute approximate surface area is 186 Å². The number of rotatable bonds is 4. The van der Waals surface area contributed by atoms with E-state index >= 15 is 0 Å². The summed E-state index contributed by atoms with van der Waals surface area (Å²) in [5.41, 5.74) is 1.74. The summed E-state index contributed by atoms with van der Waals surface area (Å²) in [6.45, 7) is 2.51. The first-order valence-electron chi connectivity index (χ1n) is 10.3. The third-order valence-corrected chi connectivity index (χ3v) is 5.62. The van der Waals surface area contributed by atoms with Crippen molar-refractivity contribution in [2.75, 3.05) is 5.01 Å². The summed E-state index contributed by atoms with van der Waals surface area (Å²) in [4.78, 5) is 31.0. The molecule has 33 heavy (non-hydrogen) atoms. The smallest absolute Gasteiger partial charge is 0.297 e. The summed E-state index contributed by atoms with van der Waals surface area (Å²) < 4.78 is 30.8. The average molecular weight is 450 g/mol. The van der Waals surface area contributed by atoms with E-state index in [0.29, 0.717) is 24.6 Å². The van der Waals surface area contributed by atoms with Crippen molar-refractivity contribution in [1.29, 1.82) is 0 Å². The lowest BCUT2D eigenvalue weighted by Crippen LogP contribution is -2.40. The van der Waals surface area contributed by atoms with Crippen LogP contribution in [0, 0.1) is 11.6 Å². The first-order valence-corrected chi connectivity index (χ1v) is 10.3. The van der Waals surface area contributed by atoms with E-state index in [1.807, 2.05) is 6.92 Å². The highest BCUT2D eigenvalue weighted by Gasteiger charge is 2.26. The normalized spacial score (nSPS) is 13.3. The van der Waals surface area contributed by atoms with E-state index in [9.17, 15) is 18.4 Å². The molecule has 0 saturated heterocycles. The van der Waals surface area contributed by atoms with Gasteiger partial charge in [0.2, 0.25) is 5.95 Å². The zero-order valence-corrected chi connectivity index (χ0v) is 18.0. The summed E-state index contributed by atoms with van der Waals surface area (Å²) >= 11 is 0. The van der Waals surface area contributed by atoms with E-state index < -0.39 is 17.1 Å². The predicted octanol–water partition coefficient (Wildman–Crippen LogP) is 2.62. The van der Waals surface area contributed by atoms with Gasteiger partial charge in [-0.3, -0.25) is 18.5 Å². The van der Waals surface area contributed by atoms with E-state index in [2.05, 4.69) is 10.1 Å². The third-order valence-electron chi connectivity index (χ3n) is 5.62. The molecule has 0 atom stereocenters. The monoisotopic (exact) mass is 450 g/mol. The molecule has 0 saturated carbocycles. The van der Waals surface area contributed by atoms with Crippen molar-refractivity contribution >= 4 is 22.8 Å². The molecule has 1 aliphatic rings. The summed E-state index contributed by atoms with van der Waals surface area (Å²) in [6.07, 6.45) is 0. The van der Waals surface area contributed by atoms with Gasteiger partial charge < -0.3 is 0 Å². The van der Waals surface area contributed by atoms with Crippen molar-refractivity contribution in [3.8, 4) is 0 Å². The van der Waals surface area contributed by atoms with E-state index in [4.69, 9.17) is 0 Å². The van der Waals surface area contributed by atoms with Crippen LogP contribution in [0.4, 0.5) is 14.7 Å². The molecular weight excluding hydrogens is 430 g/mol. The number of aryl methyl sites for hydroxylation is 1. The van der Waals surface area contributed by atoms with Gasteiger partial charge in [-0.25, -0.2) is 18.6 Å². The molecule has 0 aliphatic carbocycles. The molecule has 2 aromatic carbocycles. The van der Waals surface area contributed by atoms with Crippen LogP contribution in [-0.4, -0.2) is 24.4 Å². The molecule has 3 heterocycles. The molecule has 168 valence electrons. The second kappa shape index (κ2) is 7.80. The Kier molecular flexibility index (Phi) is 4.92. The molecule has 1 aliphatic heterocycles. The largest absolute Gasteiger partial charge is 0.332 e. The summed E-state index contributed by atoms with van der Waals surface area (Å²) in [6, 6.07) is 11.7. The average Bonchev–Trinajstić information content (AvgIpc) is 3.18. The second-order valence-electron chi connectivity index (χ2n) is 8.05. The number of halogens is 2. The summed E-state index contributed by atoms with van der Waals surface area (Å²) in [5.74, 6) is -0.303. The van der Waals surface area contributed by atoms with Gasteiger partial charge in [0.15, 0.2) is 11.2 Å². The molecule has 4 aromatic rings. The number of hydrogen-bond donors (Lipinski definition) is 0. The number of anilines is 1. The van der Waals surface area contributed by atoms with Crippen LogP contribution >= 0.6 is 0 Å². The molecule has 8 nitrogen and oxygen atoms in total. The Bertz CT molecular complexity index is 1510. The van der Waals surface area contributed by atoms with Crippen LogP contribution in [-0.2, 0) is 26.7 Å². The van der Waals surface area contributed by atoms with Crippen molar-refractivity contribution in [3.63, 3.8) is 0 Å². The van der Waals surface area contributed by atoms with E-state index in [0.717, 1.165) is 15.8 Å². The number of hydrazone groups is 1. The molecule has 0 fully saturated rings. The van der Waals surface area contributed by atoms with Crippen molar-refractivity contribution in [1.82, 2.24) is 18.7 Å². The highest BCUT2D eigenvalue weighted by Crippen LogP contribution is 2.25. The van der Waals surface area contributed by atoms with E-state index in [1.165, 1.54) is 28.8 Å². The second-order valence-corrected chi connectivity index (χ2v) is 8.05. The highest BCUT2D eigenvalue weighted by atomic mass is 19.1. The lowest BCUT2D eigenvalue weighted by molar-refractivity contribution is 0.622. The molecule has 2 aromatic heterocycles. The molecule has 10 heteroatoms. The van der Waals surface area contributed by atoms with Crippen molar-refractivity contribution in [2.24, 2.45) is 12.1 Å². The minimum absolute atomic E-state index is 0.00854. The summed E-state index contributed by atoms with van der Waals surface area (Å²) in [7, 11) is 1.56. The van der Waals surface area contributed by atoms with Gasteiger partial charge in [0, 0.05) is 7.05 Å². The maximum absolute atomic E-state index is 13.4. The van der Waals surface area contributed by atoms with Crippen molar-refractivity contribution in [3.05, 3.63) is 92.1 Å². The minimum atomic E-state index is -0.519. The van der Waals surface area contributed by atoms with Crippen LogP contribution in [0.2, 0.25) is 0 Å². The number of benzene rings is 2. The highest BCUT2D eigenvalue weighted by molar-refractivity contribution is 5.87. The number of nitrogens with zero attached hydrogens (tertiary/aromatic N) is 6. The third kappa shape index (κ3) is 3.63. The first-order chi connectivity index (χ1) is 15.8. The molecule has 0 bridgehead atoms. The van der Waals surface area contributed by atoms with E-state index in [-0.39, 0.29) is 23.5 Å². The molecule has 0 amide bonds. The van der Waals surface area contributed by atoms with Gasteiger partial charge in [0.05, 0.1) is 25.3 Å². The maximum Gasteiger partial charge on any atom is 0.332 e. The SMILES string of the molecule is CC1=NN(Cc2ccc(F)cc2)c2nc3c(c(=O)n(Cc4ccc(F)cc4)c(=O)n3C)n2C1. The number of aromatic nitrogens is 4. The van der Waals surface area contributed by atoms with Gasteiger partial charge in [-0.15, -0.1) is 0 Å². The number of imidazole rings is 1. The fourth-order valence-corrected chi connectivity index (χ4v) is 4.00. The quantitative estimate of drug-likeness (QED) is 0.479. The van der Waals surface area contributed by atoms with Crippen LogP contribution in [0.15, 0.2) is 63.2 Å². The summed E-state index contributed by atoms with van der Waals surface area (Å²) in [5, 5.41) is 6.20. The van der Waals surface area contributed by atoms with Gasteiger partial charge >= 0.3 is 5.69 Å². The van der Waals surface area contributed by atoms with Gasteiger partial charge in [0.1, 0.15) is 11.6 Å². The predicted molar refractivity (Wildman–Crippen MR) is 120 cm³/mol. The van der Waals surface area contributed by atoms with Crippen LogP contribution in [0.25, 0.3) is 11.2 Å². The lowest BCUT2D eigenvalue weighted by atomic mass is 10.2. The van der Waals surface area contributed by atoms with Gasteiger partial charge in [0.25, 0.3) is 5.56 Å². The first kappa shape index (κ1) is 20.8. The Hall–Kier alpha value is -4.08. The Balaban J connectivity index is 1.64. The van der Waals surface area contributed by atoms with Crippen molar-refractivity contribution in [2.45, 2.75) is 26.6 Å². The van der Waals surface area contributed by atoms with Gasteiger partial charge in [-0.05, 0) is 42.3 Å². The van der Waals surface area contributed by atoms with Gasteiger partial charge in [-0.2, -0.15) is 10.1 Å². The maximum atomic E-state index is 13.4. The fourth-order valence-electron chi connectivity index (χ4n) is 4.00. The van der Waals surface area contributed by atoms with Crippen LogP contribution < -0.4 is 16.3 Å². The zero-order chi connectivity index (χ0) is 23.3. The van der Waals surface area contributed by atoms with Gasteiger partial charge in [-0.1, -0.05) is 24.3 Å². The molecule has 0 radical (unpaired) electrons. The molecular formula is C23H20F2N6O2. The molecule has 5 rings (SSSR count). The van der Waals surface area contributed by atoms with Crippen molar-refractivity contribution < 1.29 is 8.78 Å². The van der Waals surface area contributed by atoms with E-state index in [1.54, 1.807) is 40.9 Å². The lowest BCUT2D eigenvalue weighted by Gasteiger charge is -2.25. The topological polar surface area (TPSA) is 77.4 Å². The number of hydrogen-bond acceptors (Lipinski definition) is 5. The molecule has 0 N–H and O–H groups in total. The Morgan fingerprint density at radius 2 is 1.48 bits per heavy atom. The zero-order valence-electron chi connectivity index (χ0n) is 18.0. The Morgan fingerprint density at radius 1 is 0.909 bits per heavy atom. The minimum Gasteiger partial charge on any atom is -0.297 e. The fraction of sp³-hybridized carbons (Fsp3) is 0.217. The van der Waals surface area contributed by atoms with Crippen LogP contribution in [0.1, 0.15) is 18.1 Å². The van der Waals surface area contributed by atoms with Crippen LogP contribution in [0.5, 0.6) is 0 Å². The van der Waals surface area contributed by atoms with Crippen LogP contribution in [0.3, 0.4) is 0 Å². The molecule has 0 spiro atoms. The number of fused-ring (bicyclic) bond motifs is 3.